The van der Waals surface area contributed by atoms with E-state index < -0.39 is 0 Å². The summed E-state index contributed by atoms with van der Waals surface area (Å²) in [4.78, 5) is 12.1. The summed E-state index contributed by atoms with van der Waals surface area (Å²) in [5, 5.41) is 2.15. The van der Waals surface area contributed by atoms with E-state index in [0.717, 1.165) is 18.8 Å². The van der Waals surface area contributed by atoms with E-state index in [1.807, 2.05) is 17.4 Å². The lowest BCUT2D eigenvalue weighted by atomic mass is 10.0. The van der Waals surface area contributed by atoms with Crippen molar-refractivity contribution < 1.29 is 4.74 Å². The first-order valence-electron chi connectivity index (χ1n) is 6.20. The number of hydrogen-bond donors (Lipinski definition) is 1. The minimum Gasteiger partial charge on any atom is -0.481 e. The van der Waals surface area contributed by atoms with Gasteiger partial charge < -0.3 is 15.4 Å². The van der Waals surface area contributed by atoms with Crippen LogP contribution in [0, 0.1) is 0 Å². The zero-order valence-electron chi connectivity index (χ0n) is 11.0. The van der Waals surface area contributed by atoms with Crippen molar-refractivity contribution in [1.29, 1.82) is 0 Å². The molecule has 0 aliphatic carbocycles. The summed E-state index contributed by atoms with van der Waals surface area (Å²) in [6, 6.07) is 4.33. The molecule has 0 radical (unpaired) electrons. The van der Waals surface area contributed by atoms with Gasteiger partial charge in [0.15, 0.2) is 0 Å². The first kappa shape index (κ1) is 12.2. The second-order valence-electron chi connectivity index (χ2n) is 4.55. The minimum absolute atomic E-state index is 0.248. The minimum atomic E-state index is 0.248. The van der Waals surface area contributed by atoms with E-state index in [2.05, 4.69) is 33.2 Å². The van der Waals surface area contributed by atoms with Crippen LogP contribution in [0.15, 0.2) is 17.5 Å². The summed E-state index contributed by atoms with van der Waals surface area (Å²) in [5.74, 6) is 1.58. The SMILES string of the molecule is COc1cc(N2CCc3sccc3C2C)nc(N)n1. The fourth-order valence-electron chi connectivity index (χ4n) is 2.50. The predicted molar refractivity (Wildman–Crippen MR) is 76.8 cm³/mol. The molecule has 0 fully saturated rings. The van der Waals surface area contributed by atoms with Crippen molar-refractivity contribution in [1.82, 2.24) is 9.97 Å². The van der Waals surface area contributed by atoms with Crippen LogP contribution in [0.2, 0.25) is 0 Å². The molecule has 1 aliphatic rings. The highest BCUT2D eigenvalue weighted by molar-refractivity contribution is 7.10. The Morgan fingerprint density at radius 1 is 1.47 bits per heavy atom. The van der Waals surface area contributed by atoms with Gasteiger partial charge in [0.05, 0.1) is 13.2 Å². The summed E-state index contributed by atoms with van der Waals surface area (Å²) in [6.07, 6.45) is 1.05. The average molecular weight is 276 g/mol. The van der Waals surface area contributed by atoms with Crippen LogP contribution in [0.1, 0.15) is 23.4 Å². The van der Waals surface area contributed by atoms with E-state index in [9.17, 15) is 0 Å². The molecular formula is C13H16N4OS. The van der Waals surface area contributed by atoms with Gasteiger partial charge in [0, 0.05) is 17.5 Å². The van der Waals surface area contributed by atoms with Crippen molar-refractivity contribution in [3.8, 4) is 5.88 Å². The quantitative estimate of drug-likeness (QED) is 0.911. The van der Waals surface area contributed by atoms with Gasteiger partial charge >= 0.3 is 0 Å². The average Bonchev–Trinajstić information content (AvgIpc) is 2.87. The molecule has 0 bridgehead atoms. The fourth-order valence-corrected chi connectivity index (χ4v) is 3.47. The number of rotatable bonds is 2. The van der Waals surface area contributed by atoms with E-state index in [4.69, 9.17) is 10.5 Å². The Balaban J connectivity index is 1.97. The van der Waals surface area contributed by atoms with Gasteiger partial charge in [-0.15, -0.1) is 11.3 Å². The van der Waals surface area contributed by atoms with Crippen molar-refractivity contribution in [2.24, 2.45) is 0 Å². The number of nitrogen functional groups attached to an aromatic ring is 1. The molecule has 0 saturated carbocycles. The number of methoxy groups -OCH3 is 1. The molecule has 2 aromatic heterocycles. The Morgan fingerprint density at radius 2 is 2.32 bits per heavy atom. The molecule has 2 aromatic rings. The maximum Gasteiger partial charge on any atom is 0.225 e. The predicted octanol–water partition coefficient (Wildman–Crippen LogP) is 2.25. The fraction of sp³-hybridized carbons (Fsp3) is 0.385. The highest BCUT2D eigenvalue weighted by Gasteiger charge is 2.26. The van der Waals surface area contributed by atoms with Crippen LogP contribution >= 0.6 is 11.3 Å². The number of anilines is 2. The third kappa shape index (κ3) is 2.12. The van der Waals surface area contributed by atoms with Crippen LogP contribution < -0.4 is 15.4 Å². The van der Waals surface area contributed by atoms with Gasteiger partial charge in [-0.3, -0.25) is 0 Å². The van der Waals surface area contributed by atoms with E-state index in [1.54, 1.807) is 7.11 Å². The highest BCUT2D eigenvalue weighted by atomic mass is 32.1. The zero-order chi connectivity index (χ0) is 13.4. The molecule has 0 aromatic carbocycles. The van der Waals surface area contributed by atoms with Crippen LogP contribution in [0.5, 0.6) is 5.88 Å². The summed E-state index contributed by atoms with van der Waals surface area (Å²) >= 11 is 1.83. The Bertz CT molecular complexity index is 598. The number of nitrogens with zero attached hydrogens (tertiary/aromatic N) is 3. The Hall–Kier alpha value is -1.82. The molecule has 6 heteroatoms. The summed E-state index contributed by atoms with van der Waals surface area (Å²) in [5.41, 5.74) is 7.12. The molecule has 0 saturated heterocycles. The largest absolute Gasteiger partial charge is 0.481 e. The molecular weight excluding hydrogens is 260 g/mol. The third-order valence-corrected chi connectivity index (χ3v) is 4.48. The standard InChI is InChI=1S/C13H16N4OS/c1-8-9-4-6-19-10(9)3-5-17(8)11-7-12(18-2)16-13(14)15-11/h4,6-8H,3,5H2,1-2H3,(H2,14,15,16). The number of nitrogens with two attached hydrogens (primary N) is 1. The van der Waals surface area contributed by atoms with E-state index in [-0.39, 0.29) is 5.95 Å². The van der Waals surface area contributed by atoms with Gasteiger partial charge in [-0.25, -0.2) is 0 Å². The molecule has 0 amide bonds. The monoisotopic (exact) mass is 276 g/mol. The molecule has 5 nitrogen and oxygen atoms in total. The van der Waals surface area contributed by atoms with Crippen molar-refractivity contribution in [3.05, 3.63) is 28.0 Å². The number of thiophene rings is 1. The first-order chi connectivity index (χ1) is 9.19. The maximum atomic E-state index is 5.73. The molecule has 3 rings (SSSR count). The van der Waals surface area contributed by atoms with E-state index in [1.165, 1.54) is 10.4 Å². The number of aromatic nitrogens is 2. The molecule has 2 N–H and O–H groups in total. The van der Waals surface area contributed by atoms with Crippen LogP contribution in [0.3, 0.4) is 0 Å². The van der Waals surface area contributed by atoms with Gasteiger partial charge in [0.1, 0.15) is 5.82 Å². The van der Waals surface area contributed by atoms with E-state index in [0.29, 0.717) is 11.9 Å². The van der Waals surface area contributed by atoms with Gasteiger partial charge in [0.2, 0.25) is 11.8 Å². The highest BCUT2D eigenvalue weighted by Crippen LogP contribution is 2.35. The second kappa shape index (κ2) is 4.70. The smallest absolute Gasteiger partial charge is 0.225 e. The topological polar surface area (TPSA) is 64.3 Å². The van der Waals surface area contributed by atoms with Crippen molar-refractivity contribution in [2.45, 2.75) is 19.4 Å². The summed E-state index contributed by atoms with van der Waals surface area (Å²) < 4.78 is 5.16. The second-order valence-corrected chi connectivity index (χ2v) is 5.55. The Morgan fingerprint density at radius 3 is 3.11 bits per heavy atom. The number of fused-ring (bicyclic) bond motifs is 1. The lowest BCUT2D eigenvalue weighted by Crippen LogP contribution is -2.33. The summed E-state index contributed by atoms with van der Waals surface area (Å²) in [7, 11) is 1.59. The van der Waals surface area contributed by atoms with Gasteiger partial charge in [0.25, 0.3) is 0 Å². The first-order valence-corrected chi connectivity index (χ1v) is 7.08. The molecule has 0 spiro atoms. The molecule has 100 valence electrons. The van der Waals surface area contributed by atoms with E-state index >= 15 is 0 Å². The van der Waals surface area contributed by atoms with Crippen LogP contribution in [0.4, 0.5) is 11.8 Å². The van der Waals surface area contributed by atoms with Crippen molar-refractivity contribution in [2.75, 3.05) is 24.3 Å². The number of hydrogen-bond acceptors (Lipinski definition) is 6. The molecule has 1 unspecified atom stereocenters. The van der Waals surface area contributed by atoms with Crippen molar-refractivity contribution >= 4 is 23.1 Å². The zero-order valence-corrected chi connectivity index (χ0v) is 11.8. The van der Waals surface area contributed by atoms with Crippen LogP contribution in [-0.4, -0.2) is 23.6 Å². The number of ether oxygens (including phenoxy) is 1. The lowest BCUT2D eigenvalue weighted by Gasteiger charge is -2.34. The molecule has 3 heterocycles. The van der Waals surface area contributed by atoms with Crippen molar-refractivity contribution in [3.63, 3.8) is 0 Å². The molecule has 1 aliphatic heterocycles. The Kier molecular flexibility index (Phi) is 3.02. The molecule has 19 heavy (non-hydrogen) atoms. The van der Waals surface area contributed by atoms with Gasteiger partial charge in [-0.05, 0) is 30.4 Å². The maximum absolute atomic E-state index is 5.73. The lowest BCUT2D eigenvalue weighted by molar-refractivity contribution is 0.397. The summed E-state index contributed by atoms with van der Waals surface area (Å²) in [6.45, 7) is 3.13. The van der Waals surface area contributed by atoms with Gasteiger partial charge in [-0.2, -0.15) is 9.97 Å². The Labute approximate surface area is 116 Å². The third-order valence-electron chi connectivity index (χ3n) is 3.49. The van der Waals surface area contributed by atoms with Crippen LogP contribution in [-0.2, 0) is 6.42 Å². The van der Waals surface area contributed by atoms with Crippen LogP contribution in [0.25, 0.3) is 0 Å². The van der Waals surface area contributed by atoms with Gasteiger partial charge in [-0.1, -0.05) is 0 Å². The normalized spacial score (nSPS) is 18.2. The molecule has 1 atom stereocenters.